The van der Waals surface area contributed by atoms with E-state index in [2.05, 4.69) is 25.6 Å². The van der Waals surface area contributed by atoms with Crippen LogP contribution in [0.25, 0.3) is 22.0 Å². The van der Waals surface area contributed by atoms with Gasteiger partial charge in [0.05, 0.1) is 23.5 Å². The van der Waals surface area contributed by atoms with Crippen molar-refractivity contribution in [2.75, 3.05) is 0 Å². The number of ether oxygens (including phenoxy) is 1. The minimum absolute atomic E-state index is 0.353. The average molecular weight is 677 g/mol. The Bertz CT molecular complexity index is 2280. The second-order valence-electron chi connectivity index (χ2n) is 13.0. The highest BCUT2D eigenvalue weighted by atomic mass is 16.5. The van der Waals surface area contributed by atoms with Crippen LogP contribution in [0.2, 0.25) is 0 Å². The fourth-order valence-electron chi connectivity index (χ4n) is 6.93. The van der Waals surface area contributed by atoms with Gasteiger partial charge in [-0.3, -0.25) is 9.78 Å². The molecule has 0 radical (unpaired) electrons. The second kappa shape index (κ2) is 13.7. The van der Waals surface area contributed by atoms with Gasteiger partial charge in [-0.2, -0.15) is 4.68 Å². The van der Waals surface area contributed by atoms with Gasteiger partial charge < -0.3 is 15.6 Å². The Labute approximate surface area is 294 Å². The number of carbonyl (C=O) groups excluding carboxylic acids is 1. The molecule has 11 nitrogen and oxygen atoms in total. The van der Waals surface area contributed by atoms with Crippen LogP contribution < -0.4 is 10.5 Å². The molecule has 1 fully saturated rings. The zero-order chi connectivity index (χ0) is 34.8. The molecule has 3 heterocycles. The highest BCUT2D eigenvalue weighted by Gasteiger charge is 2.34. The largest absolute Gasteiger partial charge is 0.457 e. The number of hydrogen-bond acceptors (Lipinski definition) is 9. The minimum Gasteiger partial charge on any atom is -0.457 e. The summed E-state index contributed by atoms with van der Waals surface area (Å²) in [7, 11) is 0. The molecule has 254 valence electrons. The van der Waals surface area contributed by atoms with E-state index in [9.17, 15) is 9.90 Å². The van der Waals surface area contributed by atoms with E-state index in [1.54, 1.807) is 35.4 Å². The van der Waals surface area contributed by atoms with Crippen LogP contribution in [0.1, 0.15) is 71.4 Å². The van der Waals surface area contributed by atoms with E-state index in [1.807, 2.05) is 97.2 Å². The van der Waals surface area contributed by atoms with Gasteiger partial charge in [-0.05, 0) is 65.1 Å². The SMILES string of the molecule is NC1(c2cn([C@H](c3ccc(Oc4ccc5ccccc5c4C(=O)n4cc(-c5cccnc5)nn4)cc3)[C@H](O)c3ccccc3)nn2)CCCCC1. The fourth-order valence-corrected chi connectivity index (χ4v) is 6.93. The first-order chi connectivity index (χ1) is 25.0. The van der Waals surface area contributed by atoms with Crippen LogP contribution in [0.3, 0.4) is 0 Å². The van der Waals surface area contributed by atoms with Crippen LogP contribution in [-0.2, 0) is 5.54 Å². The maximum Gasteiger partial charge on any atom is 0.284 e. The normalized spacial score (nSPS) is 15.3. The number of carbonyl (C=O) groups is 1. The molecule has 1 aliphatic carbocycles. The molecule has 1 aliphatic rings. The van der Waals surface area contributed by atoms with Crippen LogP contribution in [0.15, 0.2) is 128 Å². The van der Waals surface area contributed by atoms with Crippen molar-refractivity contribution in [2.24, 2.45) is 5.73 Å². The van der Waals surface area contributed by atoms with Gasteiger partial charge in [0.1, 0.15) is 35.0 Å². The predicted octanol–water partition coefficient (Wildman–Crippen LogP) is 7.01. The summed E-state index contributed by atoms with van der Waals surface area (Å²) in [6.45, 7) is 0. The van der Waals surface area contributed by atoms with Gasteiger partial charge in [-0.1, -0.05) is 102 Å². The molecule has 1 saturated carbocycles. The number of aliphatic hydroxyl groups is 1. The molecule has 7 aromatic rings. The summed E-state index contributed by atoms with van der Waals surface area (Å²) in [5, 5.41) is 30.7. The first kappa shape index (κ1) is 32.2. The van der Waals surface area contributed by atoms with Gasteiger partial charge in [-0.15, -0.1) is 10.2 Å². The molecular formula is C40H36N8O3. The molecule has 11 heteroatoms. The van der Waals surface area contributed by atoms with Crippen LogP contribution >= 0.6 is 0 Å². The lowest BCUT2D eigenvalue weighted by molar-refractivity contribution is 0.0942. The third kappa shape index (κ3) is 6.40. The topological polar surface area (TPSA) is 147 Å². The zero-order valence-corrected chi connectivity index (χ0v) is 27.8. The molecule has 0 aliphatic heterocycles. The van der Waals surface area contributed by atoms with Crippen molar-refractivity contribution in [2.45, 2.75) is 49.8 Å². The van der Waals surface area contributed by atoms with E-state index < -0.39 is 17.7 Å². The van der Waals surface area contributed by atoms with Crippen LogP contribution in [-0.4, -0.2) is 46.0 Å². The molecule has 8 rings (SSSR count). The second-order valence-corrected chi connectivity index (χ2v) is 13.0. The number of benzene rings is 4. The highest BCUT2D eigenvalue weighted by molar-refractivity contribution is 6.10. The minimum atomic E-state index is -0.920. The Morgan fingerprint density at radius 1 is 0.804 bits per heavy atom. The molecule has 3 aromatic heterocycles. The van der Waals surface area contributed by atoms with Crippen molar-refractivity contribution < 1.29 is 14.6 Å². The first-order valence-electron chi connectivity index (χ1n) is 17.1. The number of nitrogens with zero attached hydrogens (tertiary/aromatic N) is 7. The molecule has 0 saturated heterocycles. The summed E-state index contributed by atoms with van der Waals surface area (Å²) < 4.78 is 9.36. The fraction of sp³-hybridized carbons (Fsp3) is 0.200. The number of aliphatic hydroxyl groups excluding tert-OH is 1. The lowest BCUT2D eigenvalue weighted by Crippen LogP contribution is -2.39. The van der Waals surface area contributed by atoms with Crippen molar-refractivity contribution in [1.29, 1.82) is 0 Å². The third-order valence-corrected chi connectivity index (χ3v) is 9.70. The van der Waals surface area contributed by atoms with E-state index >= 15 is 0 Å². The van der Waals surface area contributed by atoms with Crippen molar-refractivity contribution >= 4 is 16.7 Å². The molecular weight excluding hydrogens is 640 g/mol. The Morgan fingerprint density at radius 3 is 2.37 bits per heavy atom. The van der Waals surface area contributed by atoms with E-state index in [0.717, 1.165) is 58.8 Å². The van der Waals surface area contributed by atoms with Crippen LogP contribution in [0.5, 0.6) is 11.5 Å². The van der Waals surface area contributed by atoms with Gasteiger partial charge in [0.2, 0.25) is 0 Å². The molecule has 0 unspecified atom stereocenters. The van der Waals surface area contributed by atoms with E-state index in [0.29, 0.717) is 22.8 Å². The van der Waals surface area contributed by atoms with Crippen molar-refractivity contribution in [1.82, 2.24) is 35.0 Å². The number of hydrogen-bond donors (Lipinski definition) is 2. The summed E-state index contributed by atoms with van der Waals surface area (Å²) in [6.07, 6.45) is 10.9. The maximum atomic E-state index is 14.1. The zero-order valence-electron chi connectivity index (χ0n) is 27.8. The maximum absolute atomic E-state index is 14.1. The lowest BCUT2D eigenvalue weighted by atomic mass is 9.80. The highest BCUT2D eigenvalue weighted by Crippen LogP contribution is 2.38. The Balaban J connectivity index is 1.12. The van der Waals surface area contributed by atoms with Gasteiger partial charge >= 0.3 is 0 Å². The standard InChI is InChI=1S/C40H36N8O3/c41-40(21-7-2-8-22-40)35-26-47(46-44-35)37(38(49)29-11-3-1-4-12-29)28-15-18-31(19-16-28)51-34-20-17-27-10-5-6-14-32(27)36(34)39(50)48-25-33(43-45-48)30-13-9-23-42-24-30/h1,3-6,9-20,23-26,37-38,49H,2,7-8,21-22,41H2/t37-,38-/m1/s1. The Morgan fingerprint density at radius 2 is 1.59 bits per heavy atom. The third-order valence-electron chi connectivity index (χ3n) is 9.70. The molecule has 51 heavy (non-hydrogen) atoms. The van der Waals surface area contributed by atoms with Crippen molar-refractivity contribution in [3.05, 3.63) is 150 Å². The Kier molecular flexibility index (Phi) is 8.64. The van der Waals surface area contributed by atoms with E-state index in [1.165, 1.54) is 11.1 Å². The molecule has 0 amide bonds. The first-order valence-corrected chi connectivity index (χ1v) is 17.1. The summed E-state index contributed by atoms with van der Waals surface area (Å²) in [5.41, 5.74) is 10.2. The monoisotopic (exact) mass is 676 g/mol. The molecule has 4 aromatic carbocycles. The summed E-state index contributed by atoms with van der Waals surface area (Å²) >= 11 is 0. The van der Waals surface area contributed by atoms with Gasteiger partial charge in [0.25, 0.3) is 5.91 Å². The van der Waals surface area contributed by atoms with Crippen LogP contribution in [0, 0.1) is 0 Å². The van der Waals surface area contributed by atoms with Gasteiger partial charge in [0.15, 0.2) is 0 Å². The van der Waals surface area contributed by atoms with Crippen molar-refractivity contribution in [3.63, 3.8) is 0 Å². The van der Waals surface area contributed by atoms with E-state index in [4.69, 9.17) is 10.5 Å². The summed E-state index contributed by atoms with van der Waals surface area (Å²) in [4.78, 5) is 18.2. The predicted molar refractivity (Wildman–Crippen MR) is 192 cm³/mol. The van der Waals surface area contributed by atoms with Gasteiger partial charge in [-0.25, -0.2) is 4.68 Å². The van der Waals surface area contributed by atoms with E-state index in [-0.39, 0.29) is 5.91 Å². The smallest absolute Gasteiger partial charge is 0.284 e. The number of nitrogens with two attached hydrogens (primary N) is 1. The number of aromatic nitrogens is 7. The molecule has 0 bridgehead atoms. The number of rotatable bonds is 9. The van der Waals surface area contributed by atoms with Gasteiger partial charge in [0, 0.05) is 18.0 Å². The molecule has 0 spiro atoms. The average Bonchev–Trinajstić information content (AvgIpc) is 3.88. The van der Waals surface area contributed by atoms with Crippen LogP contribution in [0.4, 0.5) is 0 Å². The molecule has 3 N–H and O–H groups in total. The van der Waals surface area contributed by atoms with Crippen molar-refractivity contribution in [3.8, 4) is 22.8 Å². The number of fused-ring (bicyclic) bond motifs is 1. The molecule has 2 atom stereocenters. The summed E-state index contributed by atoms with van der Waals surface area (Å²) in [5.74, 6) is 0.491. The summed E-state index contributed by atoms with van der Waals surface area (Å²) in [6, 6.07) is 31.4. The lowest BCUT2D eigenvalue weighted by Gasteiger charge is -2.31. The quantitative estimate of drug-likeness (QED) is 0.165. The number of pyridine rings is 1. The Hall–Kier alpha value is -6.04.